The second-order valence-electron chi connectivity index (χ2n) is 6.10. The van der Waals surface area contributed by atoms with Gasteiger partial charge in [-0.2, -0.15) is 0 Å². The fraction of sp³-hybridized carbons (Fsp3) is 0.235. The minimum atomic E-state index is -0.0381. The van der Waals surface area contributed by atoms with Crippen molar-refractivity contribution in [1.29, 1.82) is 0 Å². The molecule has 0 aliphatic heterocycles. The van der Waals surface area contributed by atoms with E-state index in [-0.39, 0.29) is 5.41 Å². The molecule has 0 amide bonds. The second-order valence-corrected chi connectivity index (χ2v) is 6.10. The third-order valence-corrected chi connectivity index (χ3v) is 3.36. The van der Waals surface area contributed by atoms with E-state index < -0.39 is 0 Å². The Morgan fingerprint density at radius 3 is 2.35 bits per heavy atom. The number of nitrogens with two attached hydrogens (primary N) is 1. The minimum absolute atomic E-state index is 0.0381. The van der Waals surface area contributed by atoms with Gasteiger partial charge >= 0.3 is 0 Å². The van der Waals surface area contributed by atoms with Gasteiger partial charge in [0.1, 0.15) is 5.82 Å². The van der Waals surface area contributed by atoms with Crippen molar-refractivity contribution in [2.45, 2.75) is 26.2 Å². The summed E-state index contributed by atoms with van der Waals surface area (Å²) in [5.74, 6) is 1.05. The van der Waals surface area contributed by atoms with Crippen LogP contribution in [0.5, 0.6) is 0 Å². The predicted octanol–water partition coefficient (Wildman–Crippen LogP) is 3.91. The van der Waals surface area contributed by atoms with Crippen molar-refractivity contribution in [2.75, 3.05) is 5.73 Å². The average Bonchev–Trinajstić information content (AvgIpc) is 2.78. The van der Waals surface area contributed by atoms with Crippen LogP contribution in [0.3, 0.4) is 0 Å². The van der Waals surface area contributed by atoms with Crippen LogP contribution in [-0.2, 0) is 5.41 Å². The molecule has 1 heterocycles. The van der Waals surface area contributed by atoms with E-state index in [1.807, 2.05) is 36.4 Å². The zero-order chi connectivity index (χ0) is 14.3. The highest BCUT2D eigenvalue weighted by molar-refractivity contribution is 5.81. The van der Waals surface area contributed by atoms with Crippen LogP contribution in [0.2, 0.25) is 0 Å². The van der Waals surface area contributed by atoms with Crippen molar-refractivity contribution in [3.05, 3.63) is 54.4 Å². The lowest BCUT2D eigenvalue weighted by Gasteiger charge is -2.20. The van der Waals surface area contributed by atoms with E-state index in [0.717, 1.165) is 28.2 Å². The van der Waals surface area contributed by atoms with Gasteiger partial charge in [0.25, 0.3) is 0 Å². The minimum Gasteiger partial charge on any atom is -0.399 e. The molecule has 3 rings (SSSR count). The lowest BCUT2D eigenvalue weighted by atomic mass is 9.95. The SMILES string of the molecule is CC(C)(C)c1nc2cc(N)ccc2n1-c1ccccc1. The third-order valence-electron chi connectivity index (χ3n) is 3.36. The van der Waals surface area contributed by atoms with E-state index in [1.54, 1.807) is 0 Å². The Morgan fingerprint density at radius 1 is 1.00 bits per heavy atom. The Hall–Kier alpha value is -2.29. The Bertz CT molecular complexity index is 749. The van der Waals surface area contributed by atoms with Gasteiger partial charge in [0.2, 0.25) is 0 Å². The summed E-state index contributed by atoms with van der Waals surface area (Å²) in [6.45, 7) is 6.53. The molecule has 0 atom stereocenters. The summed E-state index contributed by atoms with van der Waals surface area (Å²) < 4.78 is 2.22. The van der Waals surface area contributed by atoms with Gasteiger partial charge in [-0.3, -0.25) is 4.57 Å². The van der Waals surface area contributed by atoms with Crippen LogP contribution in [0, 0.1) is 0 Å². The number of aromatic nitrogens is 2. The first-order chi connectivity index (χ1) is 9.47. The molecule has 3 aromatic rings. The molecule has 0 radical (unpaired) electrons. The first kappa shape index (κ1) is 12.7. The lowest BCUT2D eigenvalue weighted by Crippen LogP contribution is -2.18. The smallest absolute Gasteiger partial charge is 0.119 e. The van der Waals surface area contributed by atoms with Crippen molar-refractivity contribution < 1.29 is 0 Å². The first-order valence-electron chi connectivity index (χ1n) is 6.81. The second kappa shape index (κ2) is 4.37. The number of anilines is 1. The van der Waals surface area contributed by atoms with Crippen molar-refractivity contribution in [2.24, 2.45) is 0 Å². The predicted molar refractivity (Wildman–Crippen MR) is 84.2 cm³/mol. The van der Waals surface area contributed by atoms with Crippen LogP contribution in [0.25, 0.3) is 16.7 Å². The van der Waals surface area contributed by atoms with Crippen LogP contribution in [0.15, 0.2) is 48.5 Å². The normalized spacial score (nSPS) is 11.9. The largest absolute Gasteiger partial charge is 0.399 e. The average molecular weight is 265 g/mol. The molecule has 0 unspecified atom stereocenters. The van der Waals surface area contributed by atoms with Crippen LogP contribution < -0.4 is 5.73 Å². The van der Waals surface area contributed by atoms with Crippen molar-refractivity contribution >= 4 is 16.7 Å². The van der Waals surface area contributed by atoms with Crippen molar-refractivity contribution in [3.8, 4) is 5.69 Å². The molecule has 0 aliphatic rings. The fourth-order valence-corrected chi connectivity index (χ4v) is 2.44. The highest BCUT2D eigenvalue weighted by Gasteiger charge is 2.23. The van der Waals surface area contributed by atoms with Gasteiger partial charge in [0, 0.05) is 16.8 Å². The molecule has 1 aromatic heterocycles. The molecule has 3 heteroatoms. The van der Waals surface area contributed by atoms with Gasteiger partial charge < -0.3 is 5.73 Å². The molecule has 102 valence electrons. The number of nitrogen functional groups attached to an aromatic ring is 1. The highest BCUT2D eigenvalue weighted by Crippen LogP contribution is 2.30. The number of benzene rings is 2. The maximum atomic E-state index is 5.88. The van der Waals surface area contributed by atoms with E-state index >= 15 is 0 Å². The number of rotatable bonds is 1. The van der Waals surface area contributed by atoms with Crippen molar-refractivity contribution in [3.63, 3.8) is 0 Å². The third kappa shape index (κ3) is 2.05. The van der Waals surface area contributed by atoms with Gasteiger partial charge in [0.05, 0.1) is 11.0 Å². The summed E-state index contributed by atoms with van der Waals surface area (Å²) in [4.78, 5) is 4.80. The number of para-hydroxylation sites is 1. The molecule has 3 nitrogen and oxygen atoms in total. The van der Waals surface area contributed by atoms with Crippen LogP contribution >= 0.6 is 0 Å². The lowest BCUT2D eigenvalue weighted by molar-refractivity contribution is 0.539. The number of fused-ring (bicyclic) bond motifs is 1. The van der Waals surface area contributed by atoms with Gasteiger partial charge in [0.15, 0.2) is 0 Å². The van der Waals surface area contributed by atoms with Gasteiger partial charge in [-0.05, 0) is 30.3 Å². The Kier molecular flexibility index (Phi) is 2.78. The van der Waals surface area contributed by atoms with Crippen LogP contribution in [-0.4, -0.2) is 9.55 Å². The molecule has 20 heavy (non-hydrogen) atoms. The molecule has 2 aromatic carbocycles. The van der Waals surface area contributed by atoms with Gasteiger partial charge in [-0.15, -0.1) is 0 Å². The summed E-state index contributed by atoms with van der Waals surface area (Å²) in [5, 5.41) is 0. The van der Waals surface area contributed by atoms with E-state index in [2.05, 4.69) is 37.5 Å². The number of hydrogen-bond acceptors (Lipinski definition) is 2. The molecule has 0 spiro atoms. The monoisotopic (exact) mass is 265 g/mol. The Labute approximate surface area is 119 Å². The molecule has 0 saturated carbocycles. The molecule has 0 fully saturated rings. The Balaban J connectivity index is 2.38. The first-order valence-corrected chi connectivity index (χ1v) is 6.81. The molecule has 0 bridgehead atoms. The number of nitrogens with zero attached hydrogens (tertiary/aromatic N) is 2. The maximum Gasteiger partial charge on any atom is 0.119 e. The zero-order valence-corrected chi connectivity index (χ0v) is 12.1. The number of hydrogen-bond donors (Lipinski definition) is 1. The topological polar surface area (TPSA) is 43.8 Å². The summed E-state index contributed by atoms with van der Waals surface area (Å²) >= 11 is 0. The van der Waals surface area contributed by atoms with Crippen molar-refractivity contribution in [1.82, 2.24) is 9.55 Å². The van der Waals surface area contributed by atoms with Crippen LogP contribution in [0.4, 0.5) is 5.69 Å². The van der Waals surface area contributed by atoms with Crippen LogP contribution in [0.1, 0.15) is 26.6 Å². The summed E-state index contributed by atoms with van der Waals surface area (Å²) in [7, 11) is 0. The quantitative estimate of drug-likeness (QED) is 0.678. The van der Waals surface area contributed by atoms with E-state index in [9.17, 15) is 0 Å². The molecular formula is C17H19N3. The number of imidazole rings is 1. The summed E-state index contributed by atoms with van der Waals surface area (Å²) in [6, 6.07) is 16.2. The van der Waals surface area contributed by atoms with E-state index in [0.29, 0.717) is 0 Å². The van der Waals surface area contributed by atoms with Gasteiger partial charge in [-0.1, -0.05) is 39.0 Å². The summed E-state index contributed by atoms with van der Waals surface area (Å²) in [5.41, 5.74) is 9.76. The zero-order valence-electron chi connectivity index (χ0n) is 12.1. The van der Waals surface area contributed by atoms with Gasteiger partial charge in [-0.25, -0.2) is 4.98 Å². The van der Waals surface area contributed by atoms with E-state index in [4.69, 9.17) is 10.7 Å². The standard InChI is InChI=1S/C17H19N3/c1-17(2,3)16-19-14-11-12(18)9-10-15(14)20(16)13-7-5-4-6-8-13/h4-11H,18H2,1-3H3. The molecule has 2 N–H and O–H groups in total. The highest BCUT2D eigenvalue weighted by atomic mass is 15.1. The maximum absolute atomic E-state index is 5.88. The Morgan fingerprint density at radius 2 is 1.70 bits per heavy atom. The fourth-order valence-electron chi connectivity index (χ4n) is 2.44. The molecule has 0 aliphatic carbocycles. The molecule has 0 saturated heterocycles. The molecular weight excluding hydrogens is 246 g/mol. The van der Waals surface area contributed by atoms with E-state index in [1.165, 1.54) is 0 Å². The summed E-state index contributed by atoms with van der Waals surface area (Å²) in [6.07, 6.45) is 0.